The Morgan fingerprint density at radius 3 is 3.10 bits per heavy atom. The average Bonchev–Trinajstić information content (AvgIpc) is 3.05. The maximum atomic E-state index is 12.4. The lowest BCUT2D eigenvalue weighted by Crippen LogP contribution is -2.33. The number of aryl methyl sites for hydroxylation is 1. The van der Waals surface area contributed by atoms with E-state index in [-0.39, 0.29) is 5.91 Å². The predicted molar refractivity (Wildman–Crippen MR) is 75.7 cm³/mol. The van der Waals surface area contributed by atoms with E-state index >= 15 is 0 Å². The van der Waals surface area contributed by atoms with Crippen molar-refractivity contribution in [2.45, 2.75) is 18.6 Å². The van der Waals surface area contributed by atoms with Gasteiger partial charge in [0.1, 0.15) is 17.1 Å². The summed E-state index contributed by atoms with van der Waals surface area (Å²) in [6, 6.07) is 3.91. The van der Waals surface area contributed by atoms with Crippen molar-refractivity contribution >= 4 is 17.7 Å². The van der Waals surface area contributed by atoms with Gasteiger partial charge in [-0.15, -0.1) is 11.8 Å². The third-order valence-electron chi connectivity index (χ3n) is 3.47. The van der Waals surface area contributed by atoms with Crippen LogP contribution in [-0.2, 0) is 0 Å². The first-order valence-electron chi connectivity index (χ1n) is 6.61. The van der Waals surface area contributed by atoms with E-state index in [2.05, 4.69) is 5.16 Å². The summed E-state index contributed by atoms with van der Waals surface area (Å²) >= 11 is 1.84. The Labute approximate surface area is 121 Å². The molecular formula is C14H16N2O3S. The number of aromatic nitrogens is 1. The van der Waals surface area contributed by atoms with Crippen molar-refractivity contribution in [1.29, 1.82) is 0 Å². The van der Waals surface area contributed by atoms with Crippen LogP contribution in [0.25, 0.3) is 0 Å². The summed E-state index contributed by atoms with van der Waals surface area (Å²) in [5, 5.41) is 4.00. The summed E-state index contributed by atoms with van der Waals surface area (Å²) in [6.45, 7) is 3.23. The van der Waals surface area contributed by atoms with Gasteiger partial charge in [-0.3, -0.25) is 4.79 Å². The van der Waals surface area contributed by atoms with E-state index in [1.165, 1.54) is 6.20 Å². The largest absolute Gasteiger partial charge is 0.468 e. The van der Waals surface area contributed by atoms with Crippen molar-refractivity contribution in [2.75, 3.05) is 18.8 Å². The monoisotopic (exact) mass is 292 g/mol. The lowest BCUT2D eigenvalue weighted by atomic mass is 10.2. The normalized spacial score (nSPS) is 19.9. The van der Waals surface area contributed by atoms with Crippen LogP contribution in [0.2, 0.25) is 0 Å². The molecule has 0 saturated carbocycles. The van der Waals surface area contributed by atoms with Gasteiger partial charge in [0.2, 0.25) is 0 Å². The molecule has 2 aromatic rings. The van der Waals surface area contributed by atoms with E-state index in [4.69, 9.17) is 8.94 Å². The van der Waals surface area contributed by atoms with Crippen LogP contribution in [0.15, 0.2) is 33.5 Å². The van der Waals surface area contributed by atoms with Gasteiger partial charge in [-0.25, -0.2) is 0 Å². The van der Waals surface area contributed by atoms with Crippen molar-refractivity contribution < 1.29 is 13.7 Å². The molecule has 0 spiro atoms. The van der Waals surface area contributed by atoms with Gasteiger partial charge in [0.25, 0.3) is 5.91 Å². The van der Waals surface area contributed by atoms with Crippen LogP contribution in [0.4, 0.5) is 0 Å². The summed E-state index contributed by atoms with van der Waals surface area (Å²) in [6.07, 6.45) is 4.10. The van der Waals surface area contributed by atoms with E-state index in [1.807, 2.05) is 28.8 Å². The van der Waals surface area contributed by atoms with Gasteiger partial charge in [0, 0.05) is 18.8 Å². The minimum atomic E-state index is 0.00412. The molecule has 1 saturated heterocycles. The fourth-order valence-corrected chi connectivity index (χ4v) is 3.53. The number of carbonyl (C=O) groups excluding carboxylic acids is 1. The Balaban J connectivity index is 1.68. The number of carbonyl (C=O) groups is 1. The molecule has 0 bridgehead atoms. The zero-order chi connectivity index (χ0) is 13.9. The number of hydrogen-bond donors (Lipinski definition) is 0. The maximum absolute atomic E-state index is 12.4. The first kappa shape index (κ1) is 13.3. The molecular weight excluding hydrogens is 276 g/mol. The molecule has 20 heavy (non-hydrogen) atoms. The number of furan rings is 1. The molecule has 1 amide bonds. The molecule has 3 heterocycles. The SMILES string of the molecule is Cc1oncc1C(=O)N1CCSC(c2ccco2)CC1. The second kappa shape index (κ2) is 5.75. The van der Waals surface area contributed by atoms with E-state index < -0.39 is 0 Å². The van der Waals surface area contributed by atoms with Gasteiger partial charge in [0.05, 0.1) is 17.7 Å². The Kier molecular flexibility index (Phi) is 3.82. The lowest BCUT2D eigenvalue weighted by Gasteiger charge is -2.19. The van der Waals surface area contributed by atoms with E-state index in [9.17, 15) is 4.79 Å². The Bertz CT molecular complexity index is 579. The van der Waals surface area contributed by atoms with Crippen LogP contribution in [0.5, 0.6) is 0 Å². The molecule has 2 aromatic heterocycles. The van der Waals surface area contributed by atoms with E-state index in [0.29, 0.717) is 16.6 Å². The van der Waals surface area contributed by atoms with Crippen molar-refractivity contribution in [1.82, 2.24) is 10.1 Å². The number of amides is 1. The van der Waals surface area contributed by atoms with Gasteiger partial charge < -0.3 is 13.8 Å². The topological polar surface area (TPSA) is 59.5 Å². The van der Waals surface area contributed by atoms with Crippen molar-refractivity contribution in [3.8, 4) is 0 Å². The van der Waals surface area contributed by atoms with E-state index in [0.717, 1.165) is 31.0 Å². The standard InChI is InChI=1S/C14H16N2O3S/c1-10-11(9-15-19-10)14(17)16-5-4-13(20-8-6-16)12-3-2-7-18-12/h2-3,7,9,13H,4-6,8H2,1H3. The maximum Gasteiger partial charge on any atom is 0.259 e. The minimum Gasteiger partial charge on any atom is -0.468 e. The second-order valence-corrected chi connectivity index (χ2v) is 6.06. The Hall–Kier alpha value is -1.69. The summed E-state index contributed by atoms with van der Waals surface area (Å²) in [7, 11) is 0. The molecule has 1 fully saturated rings. The van der Waals surface area contributed by atoms with Gasteiger partial charge >= 0.3 is 0 Å². The average molecular weight is 292 g/mol. The molecule has 106 valence electrons. The summed E-state index contributed by atoms with van der Waals surface area (Å²) in [5.41, 5.74) is 0.562. The fourth-order valence-electron chi connectivity index (χ4n) is 2.35. The fraction of sp³-hybridized carbons (Fsp3) is 0.429. The van der Waals surface area contributed by atoms with Crippen LogP contribution in [0.1, 0.15) is 33.5 Å². The highest BCUT2D eigenvalue weighted by molar-refractivity contribution is 7.99. The number of thioether (sulfide) groups is 1. The van der Waals surface area contributed by atoms with Crippen molar-refractivity contribution in [3.05, 3.63) is 41.7 Å². The molecule has 0 aromatic carbocycles. The van der Waals surface area contributed by atoms with Crippen molar-refractivity contribution in [2.24, 2.45) is 0 Å². The molecule has 5 nitrogen and oxygen atoms in total. The lowest BCUT2D eigenvalue weighted by molar-refractivity contribution is 0.0764. The van der Waals surface area contributed by atoms with Crippen LogP contribution in [-0.4, -0.2) is 34.8 Å². The highest BCUT2D eigenvalue weighted by atomic mass is 32.2. The minimum absolute atomic E-state index is 0.00412. The van der Waals surface area contributed by atoms with Crippen LogP contribution >= 0.6 is 11.8 Å². The van der Waals surface area contributed by atoms with Crippen LogP contribution in [0, 0.1) is 6.92 Å². The summed E-state index contributed by atoms with van der Waals surface area (Å²) < 4.78 is 10.4. The van der Waals surface area contributed by atoms with E-state index in [1.54, 1.807) is 13.2 Å². The molecule has 6 heteroatoms. The van der Waals surface area contributed by atoms with Crippen LogP contribution < -0.4 is 0 Å². The smallest absolute Gasteiger partial charge is 0.259 e. The molecule has 1 aliphatic heterocycles. The van der Waals surface area contributed by atoms with Crippen molar-refractivity contribution in [3.63, 3.8) is 0 Å². The third-order valence-corrected chi connectivity index (χ3v) is 4.76. The van der Waals surface area contributed by atoms with Gasteiger partial charge in [-0.05, 0) is 25.5 Å². The molecule has 0 aliphatic carbocycles. The zero-order valence-electron chi connectivity index (χ0n) is 11.2. The second-order valence-electron chi connectivity index (χ2n) is 4.75. The quantitative estimate of drug-likeness (QED) is 0.851. The molecule has 3 rings (SSSR count). The van der Waals surface area contributed by atoms with Gasteiger partial charge in [0.15, 0.2) is 0 Å². The van der Waals surface area contributed by atoms with Gasteiger partial charge in [-0.2, -0.15) is 0 Å². The predicted octanol–water partition coefficient (Wildman–Crippen LogP) is 2.90. The third kappa shape index (κ3) is 2.60. The molecule has 0 N–H and O–H groups in total. The first-order chi connectivity index (χ1) is 9.75. The number of nitrogens with zero attached hydrogens (tertiary/aromatic N) is 2. The summed E-state index contributed by atoms with van der Waals surface area (Å²) in [4.78, 5) is 14.3. The summed E-state index contributed by atoms with van der Waals surface area (Å²) in [5.74, 6) is 2.48. The number of rotatable bonds is 2. The van der Waals surface area contributed by atoms with Gasteiger partial charge in [-0.1, -0.05) is 5.16 Å². The molecule has 0 radical (unpaired) electrons. The highest BCUT2D eigenvalue weighted by Crippen LogP contribution is 2.34. The first-order valence-corrected chi connectivity index (χ1v) is 7.66. The Morgan fingerprint density at radius 2 is 2.40 bits per heavy atom. The zero-order valence-corrected chi connectivity index (χ0v) is 12.1. The number of hydrogen-bond acceptors (Lipinski definition) is 5. The molecule has 1 unspecified atom stereocenters. The van der Waals surface area contributed by atoms with Crippen LogP contribution in [0.3, 0.4) is 0 Å². The highest BCUT2D eigenvalue weighted by Gasteiger charge is 2.25. The molecule has 1 atom stereocenters. The molecule has 1 aliphatic rings. The Morgan fingerprint density at radius 1 is 1.50 bits per heavy atom.